The van der Waals surface area contributed by atoms with Gasteiger partial charge in [-0.15, -0.1) is 0 Å². The zero-order valence-electron chi connectivity index (χ0n) is 7.01. The maximum Gasteiger partial charge on any atom is 0.120 e. The van der Waals surface area contributed by atoms with Crippen LogP contribution in [0.25, 0.3) is 0 Å². The van der Waals surface area contributed by atoms with Crippen molar-refractivity contribution in [1.29, 1.82) is 0 Å². The first-order chi connectivity index (χ1) is 5.52. The van der Waals surface area contributed by atoms with E-state index in [1.165, 1.54) is 6.92 Å². The van der Waals surface area contributed by atoms with E-state index in [2.05, 4.69) is 0 Å². The summed E-state index contributed by atoms with van der Waals surface area (Å²) in [6, 6.07) is 0. The predicted molar refractivity (Wildman–Crippen MR) is 41.4 cm³/mol. The van der Waals surface area contributed by atoms with Crippen LogP contribution in [-0.4, -0.2) is 57.1 Å². The van der Waals surface area contributed by atoms with E-state index in [4.69, 9.17) is 20.4 Å². The molecule has 0 heterocycles. The van der Waals surface area contributed by atoms with Crippen LogP contribution in [0.15, 0.2) is 0 Å². The molecule has 0 saturated heterocycles. The Labute approximate surface area is 70.9 Å². The summed E-state index contributed by atoms with van der Waals surface area (Å²) in [5, 5.41) is 44.6. The molecule has 0 saturated carbocycles. The standard InChI is InChI=1S/C7H16O5/c1-5(2-8)7(12,4-10)6(11)3-9/h5-6,8-12H,2-4H2,1H3. The van der Waals surface area contributed by atoms with Crippen molar-refractivity contribution in [3.8, 4) is 0 Å². The second-order valence-electron chi connectivity index (χ2n) is 2.93. The summed E-state index contributed by atoms with van der Waals surface area (Å²) in [5.74, 6) is -0.690. The van der Waals surface area contributed by atoms with Crippen molar-refractivity contribution in [2.45, 2.75) is 18.6 Å². The van der Waals surface area contributed by atoms with E-state index in [0.717, 1.165) is 0 Å². The number of rotatable bonds is 5. The third kappa shape index (κ3) is 2.15. The molecule has 3 atom stereocenters. The zero-order chi connectivity index (χ0) is 9.78. The summed E-state index contributed by atoms with van der Waals surface area (Å²) >= 11 is 0. The Bertz CT molecular complexity index is 117. The van der Waals surface area contributed by atoms with Gasteiger partial charge in [-0.2, -0.15) is 0 Å². The Kier molecular flexibility index (Phi) is 4.66. The number of aliphatic hydroxyl groups excluding tert-OH is 4. The molecule has 0 aliphatic heterocycles. The Balaban J connectivity index is 4.42. The van der Waals surface area contributed by atoms with Crippen LogP contribution in [0.2, 0.25) is 0 Å². The molecule has 0 aromatic carbocycles. The fourth-order valence-electron chi connectivity index (χ4n) is 0.906. The van der Waals surface area contributed by atoms with Gasteiger partial charge in [0.2, 0.25) is 0 Å². The van der Waals surface area contributed by atoms with E-state index in [1.54, 1.807) is 0 Å². The topological polar surface area (TPSA) is 101 Å². The molecule has 0 aliphatic rings. The highest BCUT2D eigenvalue weighted by Gasteiger charge is 2.39. The van der Waals surface area contributed by atoms with Crippen LogP contribution in [0.4, 0.5) is 0 Å². The molecule has 0 spiro atoms. The number of aliphatic hydroxyl groups is 5. The maximum absolute atomic E-state index is 9.54. The lowest BCUT2D eigenvalue weighted by Crippen LogP contribution is -2.53. The molecule has 0 bridgehead atoms. The fourth-order valence-corrected chi connectivity index (χ4v) is 0.906. The zero-order valence-corrected chi connectivity index (χ0v) is 7.01. The fraction of sp³-hybridized carbons (Fsp3) is 1.00. The summed E-state index contributed by atoms with van der Waals surface area (Å²) in [6.45, 7) is -0.249. The largest absolute Gasteiger partial charge is 0.396 e. The highest BCUT2D eigenvalue weighted by atomic mass is 16.4. The Morgan fingerprint density at radius 2 is 1.67 bits per heavy atom. The maximum atomic E-state index is 9.54. The molecule has 0 amide bonds. The van der Waals surface area contributed by atoms with Crippen molar-refractivity contribution in [2.24, 2.45) is 5.92 Å². The van der Waals surface area contributed by atoms with E-state index in [9.17, 15) is 5.11 Å². The van der Waals surface area contributed by atoms with E-state index >= 15 is 0 Å². The summed E-state index contributed by atoms with van der Waals surface area (Å²) in [5.41, 5.74) is -1.83. The van der Waals surface area contributed by atoms with Crippen LogP contribution in [0.5, 0.6) is 0 Å². The highest BCUT2D eigenvalue weighted by Crippen LogP contribution is 2.20. The lowest BCUT2D eigenvalue weighted by atomic mass is 9.85. The highest BCUT2D eigenvalue weighted by molar-refractivity contribution is 4.89. The first-order valence-electron chi connectivity index (χ1n) is 3.76. The van der Waals surface area contributed by atoms with Crippen LogP contribution in [0.1, 0.15) is 6.92 Å². The van der Waals surface area contributed by atoms with E-state index in [1.807, 2.05) is 0 Å². The minimum Gasteiger partial charge on any atom is -0.396 e. The molecule has 0 aromatic rings. The first-order valence-corrected chi connectivity index (χ1v) is 3.76. The molecule has 3 unspecified atom stereocenters. The van der Waals surface area contributed by atoms with Crippen molar-refractivity contribution >= 4 is 0 Å². The third-order valence-electron chi connectivity index (χ3n) is 2.13. The van der Waals surface area contributed by atoms with Crippen LogP contribution in [-0.2, 0) is 0 Å². The second-order valence-corrected chi connectivity index (χ2v) is 2.93. The Morgan fingerprint density at radius 1 is 1.17 bits per heavy atom. The third-order valence-corrected chi connectivity index (χ3v) is 2.13. The molecule has 0 rings (SSSR count). The molecule has 0 radical (unpaired) electrons. The molecule has 5 nitrogen and oxygen atoms in total. The molecule has 5 heteroatoms. The molecule has 12 heavy (non-hydrogen) atoms. The van der Waals surface area contributed by atoms with Gasteiger partial charge in [0.1, 0.15) is 11.7 Å². The second kappa shape index (κ2) is 4.74. The van der Waals surface area contributed by atoms with Gasteiger partial charge in [-0.05, 0) is 0 Å². The molecular formula is C7H16O5. The quantitative estimate of drug-likeness (QED) is 0.327. The average molecular weight is 180 g/mol. The van der Waals surface area contributed by atoms with Crippen molar-refractivity contribution in [3.05, 3.63) is 0 Å². The number of hydrogen-bond acceptors (Lipinski definition) is 5. The van der Waals surface area contributed by atoms with Gasteiger partial charge in [0.05, 0.1) is 13.2 Å². The van der Waals surface area contributed by atoms with E-state index in [-0.39, 0.29) is 6.61 Å². The van der Waals surface area contributed by atoms with Gasteiger partial charge in [-0.3, -0.25) is 0 Å². The van der Waals surface area contributed by atoms with Gasteiger partial charge in [-0.25, -0.2) is 0 Å². The predicted octanol–water partition coefficient (Wildman–Crippen LogP) is -2.31. The van der Waals surface area contributed by atoms with Crippen LogP contribution >= 0.6 is 0 Å². The van der Waals surface area contributed by atoms with E-state index in [0.29, 0.717) is 0 Å². The smallest absolute Gasteiger partial charge is 0.120 e. The van der Waals surface area contributed by atoms with Crippen molar-refractivity contribution < 1.29 is 25.5 Å². The van der Waals surface area contributed by atoms with Crippen molar-refractivity contribution in [3.63, 3.8) is 0 Å². The van der Waals surface area contributed by atoms with Gasteiger partial charge in [0.25, 0.3) is 0 Å². The molecule has 0 aromatic heterocycles. The van der Waals surface area contributed by atoms with Crippen molar-refractivity contribution in [1.82, 2.24) is 0 Å². The van der Waals surface area contributed by atoms with Gasteiger partial charge < -0.3 is 25.5 Å². The van der Waals surface area contributed by atoms with Gasteiger partial charge >= 0.3 is 0 Å². The minimum absolute atomic E-state index is 0.367. The monoisotopic (exact) mass is 180 g/mol. The van der Waals surface area contributed by atoms with Crippen LogP contribution in [0, 0.1) is 5.92 Å². The summed E-state index contributed by atoms with van der Waals surface area (Å²) in [4.78, 5) is 0. The lowest BCUT2D eigenvalue weighted by Gasteiger charge is -2.34. The summed E-state index contributed by atoms with van der Waals surface area (Å²) in [7, 11) is 0. The number of hydrogen-bond donors (Lipinski definition) is 5. The molecule has 5 N–H and O–H groups in total. The summed E-state index contributed by atoms with van der Waals surface area (Å²) < 4.78 is 0. The summed E-state index contributed by atoms with van der Waals surface area (Å²) in [6.07, 6.45) is -1.44. The lowest BCUT2D eigenvalue weighted by molar-refractivity contribution is -0.156. The van der Waals surface area contributed by atoms with Crippen molar-refractivity contribution in [2.75, 3.05) is 19.8 Å². The van der Waals surface area contributed by atoms with Gasteiger partial charge in [0.15, 0.2) is 0 Å². The molecule has 74 valence electrons. The SMILES string of the molecule is CC(CO)C(O)(CO)C(O)CO. The van der Waals surface area contributed by atoms with Crippen LogP contribution in [0.3, 0.4) is 0 Å². The Hall–Kier alpha value is -0.200. The average Bonchev–Trinajstić information content (AvgIpc) is 2.13. The normalized spacial score (nSPS) is 21.5. The van der Waals surface area contributed by atoms with Gasteiger partial charge in [-0.1, -0.05) is 6.92 Å². The Morgan fingerprint density at radius 3 is 1.92 bits per heavy atom. The first kappa shape index (κ1) is 11.8. The molecule has 0 aliphatic carbocycles. The molecule has 0 fully saturated rings. The molecular weight excluding hydrogens is 164 g/mol. The minimum atomic E-state index is -1.83. The van der Waals surface area contributed by atoms with E-state index < -0.39 is 30.8 Å². The van der Waals surface area contributed by atoms with Gasteiger partial charge in [0, 0.05) is 12.5 Å². The van der Waals surface area contributed by atoms with Crippen LogP contribution < -0.4 is 0 Å².